The zero-order chi connectivity index (χ0) is 14.8. The molecule has 0 bridgehead atoms. The lowest BCUT2D eigenvalue weighted by Gasteiger charge is -2.36. The van der Waals surface area contributed by atoms with Crippen molar-refractivity contribution in [2.24, 2.45) is 0 Å². The van der Waals surface area contributed by atoms with Crippen LogP contribution in [0.1, 0.15) is 44.9 Å². The van der Waals surface area contributed by atoms with E-state index < -0.39 is 5.60 Å². The first-order valence-electron chi connectivity index (χ1n) is 7.12. The van der Waals surface area contributed by atoms with Crippen molar-refractivity contribution in [1.82, 2.24) is 4.90 Å². The third-order valence-corrected chi connectivity index (χ3v) is 3.33. The highest BCUT2D eigenvalue weighted by molar-refractivity contribution is 5.70. The molecule has 0 aromatic heterocycles. The Hall–Kier alpha value is -1.77. The molecule has 0 fully saturated rings. The summed E-state index contributed by atoms with van der Waals surface area (Å²) >= 11 is 0. The number of rotatable bonds is 1. The van der Waals surface area contributed by atoms with Gasteiger partial charge >= 0.3 is 6.09 Å². The smallest absolute Gasteiger partial charge is 0.411 e. The fourth-order valence-electron chi connectivity index (χ4n) is 2.51. The number of carbonyl (C=O) groups excluding carboxylic acids is 1. The number of hydrogen-bond acceptors (Lipinski definition) is 2. The summed E-state index contributed by atoms with van der Waals surface area (Å²) in [5.41, 5.74) is 2.05. The number of benzene rings is 1. The van der Waals surface area contributed by atoms with E-state index >= 15 is 0 Å². The highest BCUT2D eigenvalue weighted by Gasteiger charge is 2.31. The Labute approximate surface area is 121 Å². The monoisotopic (exact) mass is 273 g/mol. The molecule has 1 aromatic carbocycles. The van der Waals surface area contributed by atoms with Gasteiger partial charge in [-0.3, -0.25) is 4.90 Å². The lowest BCUT2D eigenvalue weighted by molar-refractivity contribution is 0.0184. The van der Waals surface area contributed by atoms with Crippen molar-refractivity contribution >= 4 is 6.09 Å². The predicted octanol–water partition coefficient (Wildman–Crippen LogP) is 4.10. The molecule has 0 spiro atoms. The Bertz CT molecular complexity index is 514. The van der Waals surface area contributed by atoms with Gasteiger partial charge in [0.25, 0.3) is 0 Å². The molecule has 3 nitrogen and oxygen atoms in total. The zero-order valence-electron chi connectivity index (χ0n) is 12.7. The zero-order valence-corrected chi connectivity index (χ0v) is 12.7. The van der Waals surface area contributed by atoms with Crippen LogP contribution in [0.15, 0.2) is 36.4 Å². The van der Waals surface area contributed by atoms with Gasteiger partial charge in [0.2, 0.25) is 0 Å². The quantitative estimate of drug-likeness (QED) is 0.721. The summed E-state index contributed by atoms with van der Waals surface area (Å²) in [7, 11) is 0. The number of hydrogen-bond donors (Lipinski definition) is 0. The average molecular weight is 273 g/mol. The van der Waals surface area contributed by atoms with Gasteiger partial charge in [0.05, 0.1) is 6.04 Å². The summed E-state index contributed by atoms with van der Waals surface area (Å²) in [5, 5.41) is 0. The average Bonchev–Trinajstić information content (AvgIpc) is 2.37. The van der Waals surface area contributed by atoms with E-state index in [1.54, 1.807) is 0 Å². The lowest BCUT2D eigenvalue weighted by atomic mass is 9.92. The molecule has 20 heavy (non-hydrogen) atoms. The third kappa shape index (κ3) is 3.21. The number of ether oxygens (including phenoxy) is 1. The van der Waals surface area contributed by atoms with Crippen LogP contribution in [0.4, 0.5) is 4.79 Å². The molecule has 3 heteroatoms. The van der Waals surface area contributed by atoms with E-state index in [1.165, 1.54) is 11.1 Å². The summed E-state index contributed by atoms with van der Waals surface area (Å²) in [6, 6.07) is 8.28. The molecule has 2 rings (SSSR count). The van der Waals surface area contributed by atoms with Crippen LogP contribution >= 0.6 is 0 Å². The molecule has 0 N–H and O–H groups in total. The standard InChI is InChI=1S/C17H23NO2/c1-5-8-15-14-10-7-6-9-13(14)11-12-18(15)16(19)20-17(2,3)4/h5-10,15H,11-12H2,1-4H3/b8-5+. The minimum Gasteiger partial charge on any atom is -0.444 e. The van der Waals surface area contributed by atoms with Crippen molar-refractivity contribution in [2.45, 2.75) is 45.8 Å². The largest absolute Gasteiger partial charge is 0.444 e. The summed E-state index contributed by atoms with van der Waals surface area (Å²) in [6.45, 7) is 8.36. The molecular formula is C17H23NO2. The Morgan fingerprint density at radius 3 is 2.70 bits per heavy atom. The topological polar surface area (TPSA) is 29.5 Å². The lowest BCUT2D eigenvalue weighted by Crippen LogP contribution is -2.42. The van der Waals surface area contributed by atoms with Crippen molar-refractivity contribution in [3.63, 3.8) is 0 Å². The van der Waals surface area contributed by atoms with Crippen molar-refractivity contribution in [2.75, 3.05) is 6.54 Å². The maximum atomic E-state index is 12.4. The van der Waals surface area contributed by atoms with E-state index in [9.17, 15) is 4.79 Å². The van der Waals surface area contributed by atoms with Crippen molar-refractivity contribution in [3.05, 3.63) is 47.5 Å². The second-order valence-electron chi connectivity index (χ2n) is 6.09. The van der Waals surface area contributed by atoms with Gasteiger partial charge < -0.3 is 4.74 Å². The molecule has 1 atom stereocenters. The summed E-state index contributed by atoms with van der Waals surface area (Å²) in [6.07, 6.45) is 4.69. The van der Waals surface area contributed by atoms with Crippen LogP contribution in [0.2, 0.25) is 0 Å². The Morgan fingerprint density at radius 2 is 2.05 bits per heavy atom. The van der Waals surface area contributed by atoms with Crippen LogP contribution < -0.4 is 0 Å². The van der Waals surface area contributed by atoms with Gasteiger partial charge in [-0.05, 0) is 45.2 Å². The fourth-order valence-corrected chi connectivity index (χ4v) is 2.51. The number of allylic oxidation sites excluding steroid dienone is 1. The molecule has 1 aromatic rings. The predicted molar refractivity (Wildman–Crippen MR) is 80.6 cm³/mol. The summed E-state index contributed by atoms with van der Waals surface area (Å²) in [4.78, 5) is 14.2. The molecule has 1 aliphatic heterocycles. The van der Waals surface area contributed by atoms with Crippen LogP contribution in [0.3, 0.4) is 0 Å². The molecule has 1 unspecified atom stereocenters. The van der Waals surface area contributed by atoms with Crippen LogP contribution in [-0.4, -0.2) is 23.1 Å². The second kappa shape index (κ2) is 5.70. The van der Waals surface area contributed by atoms with Gasteiger partial charge in [-0.25, -0.2) is 4.79 Å². The molecule has 1 heterocycles. The van der Waals surface area contributed by atoms with Crippen molar-refractivity contribution in [3.8, 4) is 0 Å². The maximum absolute atomic E-state index is 12.4. The highest BCUT2D eigenvalue weighted by Crippen LogP contribution is 2.31. The Balaban J connectivity index is 2.29. The van der Waals surface area contributed by atoms with E-state index in [2.05, 4.69) is 24.3 Å². The number of nitrogens with zero attached hydrogens (tertiary/aromatic N) is 1. The van der Waals surface area contributed by atoms with E-state index in [0.717, 1.165) is 6.42 Å². The molecular weight excluding hydrogens is 250 g/mol. The van der Waals surface area contributed by atoms with E-state index in [-0.39, 0.29) is 12.1 Å². The minimum absolute atomic E-state index is 0.0280. The fraction of sp³-hybridized carbons (Fsp3) is 0.471. The van der Waals surface area contributed by atoms with E-state index in [4.69, 9.17) is 4.74 Å². The normalized spacial score (nSPS) is 19.0. The third-order valence-electron chi connectivity index (χ3n) is 3.33. The van der Waals surface area contributed by atoms with Gasteiger partial charge in [-0.2, -0.15) is 0 Å². The summed E-state index contributed by atoms with van der Waals surface area (Å²) in [5.74, 6) is 0. The first-order chi connectivity index (χ1) is 9.42. The molecule has 0 saturated carbocycles. The summed E-state index contributed by atoms with van der Waals surface area (Å²) < 4.78 is 5.52. The van der Waals surface area contributed by atoms with Gasteiger partial charge in [0.1, 0.15) is 5.60 Å². The second-order valence-corrected chi connectivity index (χ2v) is 6.09. The van der Waals surface area contributed by atoms with E-state index in [0.29, 0.717) is 6.54 Å². The first-order valence-corrected chi connectivity index (χ1v) is 7.12. The van der Waals surface area contributed by atoms with Gasteiger partial charge in [-0.1, -0.05) is 36.4 Å². The first kappa shape index (κ1) is 14.6. The van der Waals surface area contributed by atoms with Crippen molar-refractivity contribution in [1.29, 1.82) is 0 Å². The van der Waals surface area contributed by atoms with Crippen LogP contribution in [0.25, 0.3) is 0 Å². The van der Waals surface area contributed by atoms with Gasteiger partial charge in [0.15, 0.2) is 0 Å². The van der Waals surface area contributed by atoms with E-state index in [1.807, 2.05) is 44.7 Å². The minimum atomic E-state index is -0.464. The molecule has 1 aliphatic rings. The number of fused-ring (bicyclic) bond motifs is 1. The Kier molecular flexibility index (Phi) is 4.17. The SMILES string of the molecule is C/C=C/C1c2ccccc2CCN1C(=O)OC(C)(C)C. The molecule has 108 valence electrons. The van der Waals surface area contributed by atoms with Crippen molar-refractivity contribution < 1.29 is 9.53 Å². The molecule has 1 amide bonds. The Morgan fingerprint density at radius 1 is 1.35 bits per heavy atom. The highest BCUT2D eigenvalue weighted by atomic mass is 16.6. The van der Waals surface area contributed by atoms with Crippen LogP contribution in [0.5, 0.6) is 0 Å². The van der Waals surface area contributed by atoms with Crippen LogP contribution in [0, 0.1) is 0 Å². The molecule has 0 saturated heterocycles. The van der Waals surface area contributed by atoms with Crippen LogP contribution in [-0.2, 0) is 11.2 Å². The number of amides is 1. The maximum Gasteiger partial charge on any atom is 0.411 e. The number of carbonyl (C=O) groups is 1. The van der Waals surface area contributed by atoms with Gasteiger partial charge in [0, 0.05) is 6.54 Å². The van der Waals surface area contributed by atoms with Gasteiger partial charge in [-0.15, -0.1) is 0 Å². The molecule has 0 radical (unpaired) electrons. The molecule has 0 aliphatic carbocycles.